The number of benzene rings is 2. The number of anilines is 1. The molecule has 4 nitrogen and oxygen atoms in total. The van der Waals surface area contributed by atoms with Gasteiger partial charge in [-0.25, -0.2) is 12.8 Å². The molecule has 0 saturated heterocycles. The van der Waals surface area contributed by atoms with Crippen LogP contribution < -0.4 is 9.46 Å². The van der Waals surface area contributed by atoms with Crippen molar-refractivity contribution in [1.29, 1.82) is 0 Å². The number of halogens is 1. The molecular weight excluding hydrogens is 317 g/mol. The summed E-state index contributed by atoms with van der Waals surface area (Å²) < 4.78 is 45.3. The highest BCUT2D eigenvalue weighted by Crippen LogP contribution is 2.22. The quantitative estimate of drug-likeness (QED) is 0.801. The van der Waals surface area contributed by atoms with Gasteiger partial charge in [0.05, 0.1) is 18.0 Å². The first kappa shape index (κ1) is 17.3. The van der Waals surface area contributed by atoms with Gasteiger partial charge in [0.25, 0.3) is 0 Å². The maximum Gasteiger partial charge on any atom is 0.232 e. The van der Waals surface area contributed by atoms with Gasteiger partial charge in [0.15, 0.2) is 11.6 Å². The van der Waals surface area contributed by atoms with Crippen molar-refractivity contribution in [3.63, 3.8) is 0 Å². The van der Waals surface area contributed by atoms with Gasteiger partial charge in [-0.15, -0.1) is 0 Å². The highest BCUT2D eigenvalue weighted by Gasteiger charge is 2.12. The van der Waals surface area contributed by atoms with Crippen molar-refractivity contribution in [3.05, 3.63) is 59.9 Å². The second kappa shape index (κ2) is 7.97. The fourth-order valence-corrected chi connectivity index (χ4v) is 3.29. The lowest BCUT2D eigenvalue weighted by atomic mass is 10.1. The summed E-state index contributed by atoms with van der Waals surface area (Å²) in [5.74, 6) is -0.493. The van der Waals surface area contributed by atoms with Crippen LogP contribution in [-0.2, 0) is 16.4 Å². The average Bonchev–Trinajstić information content (AvgIpc) is 2.51. The molecule has 0 heterocycles. The van der Waals surface area contributed by atoms with Gasteiger partial charge in [0, 0.05) is 6.07 Å². The summed E-state index contributed by atoms with van der Waals surface area (Å²) in [6.45, 7) is 2.10. The van der Waals surface area contributed by atoms with E-state index in [4.69, 9.17) is 4.74 Å². The van der Waals surface area contributed by atoms with Crippen molar-refractivity contribution in [1.82, 2.24) is 0 Å². The van der Waals surface area contributed by atoms with E-state index in [2.05, 4.69) is 4.72 Å². The Morgan fingerprint density at radius 3 is 2.52 bits per heavy atom. The topological polar surface area (TPSA) is 55.4 Å². The van der Waals surface area contributed by atoms with Gasteiger partial charge in [-0.3, -0.25) is 4.72 Å². The molecule has 0 saturated carbocycles. The van der Waals surface area contributed by atoms with E-state index in [1.807, 2.05) is 30.3 Å². The summed E-state index contributed by atoms with van der Waals surface area (Å²) in [5.41, 5.74) is 1.29. The molecule has 2 aromatic rings. The van der Waals surface area contributed by atoms with Crippen molar-refractivity contribution in [2.75, 3.05) is 17.1 Å². The predicted octanol–water partition coefficient (Wildman–Crippen LogP) is 3.60. The van der Waals surface area contributed by atoms with Crippen LogP contribution in [0.1, 0.15) is 18.9 Å². The van der Waals surface area contributed by atoms with Crippen LogP contribution in [0.2, 0.25) is 0 Å². The Bertz CT molecular complexity index is 733. The fraction of sp³-hybridized carbons (Fsp3) is 0.294. The van der Waals surface area contributed by atoms with E-state index < -0.39 is 15.8 Å². The number of rotatable bonds is 8. The Morgan fingerprint density at radius 2 is 1.87 bits per heavy atom. The number of aryl methyl sites for hydroxylation is 1. The van der Waals surface area contributed by atoms with Gasteiger partial charge in [-0.1, -0.05) is 30.3 Å². The molecule has 0 aliphatic rings. The lowest BCUT2D eigenvalue weighted by Crippen LogP contribution is -2.17. The molecule has 6 heteroatoms. The summed E-state index contributed by atoms with van der Waals surface area (Å²) in [5, 5.41) is 0. The lowest BCUT2D eigenvalue weighted by molar-refractivity contribution is 0.321. The maximum atomic E-state index is 13.7. The lowest BCUT2D eigenvalue weighted by Gasteiger charge is -2.10. The first-order valence-electron chi connectivity index (χ1n) is 7.47. The number of nitrogens with one attached hydrogen (secondary N) is 1. The third kappa shape index (κ3) is 5.56. The maximum absolute atomic E-state index is 13.7. The third-order valence-electron chi connectivity index (χ3n) is 3.23. The van der Waals surface area contributed by atoms with E-state index in [-0.39, 0.29) is 17.2 Å². The van der Waals surface area contributed by atoms with E-state index in [0.717, 1.165) is 11.6 Å². The number of ether oxygens (including phenoxy) is 1. The Hall–Kier alpha value is -2.08. The van der Waals surface area contributed by atoms with E-state index in [1.165, 1.54) is 12.1 Å². The van der Waals surface area contributed by atoms with E-state index in [9.17, 15) is 12.8 Å². The average molecular weight is 337 g/mol. The molecule has 2 rings (SSSR count). The summed E-state index contributed by atoms with van der Waals surface area (Å²) in [6, 6.07) is 13.7. The minimum absolute atomic E-state index is 0.0171. The molecule has 0 radical (unpaired) electrons. The highest BCUT2D eigenvalue weighted by atomic mass is 32.2. The first-order valence-corrected chi connectivity index (χ1v) is 9.12. The van der Waals surface area contributed by atoms with Gasteiger partial charge >= 0.3 is 0 Å². The summed E-state index contributed by atoms with van der Waals surface area (Å²) >= 11 is 0. The summed E-state index contributed by atoms with van der Waals surface area (Å²) in [4.78, 5) is 0. The zero-order valence-electron chi connectivity index (χ0n) is 13.0. The zero-order valence-corrected chi connectivity index (χ0v) is 13.8. The molecule has 23 heavy (non-hydrogen) atoms. The van der Waals surface area contributed by atoms with Gasteiger partial charge in [0.2, 0.25) is 10.0 Å². The van der Waals surface area contributed by atoms with Crippen LogP contribution in [0.5, 0.6) is 5.75 Å². The number of hydrogen-bond donors (Lipinski definition) is 1. The molecule has 0 fully saturated rings. The van der Waals surface area contributed by atoms with Crippen molar-refractivity contribution in [3.8, 4) is 5.75 Å². The van der Waals surface area contributed by atoms with Gasteiger partial charge < -0.3 is 4.74 Å². The molecule has 0 unspecified atom stereocenters. The normalized spacial score (nSPS) is 11.2. The molecule has 0 spiro atoms. The minimum atomic E-state index is -3.50. The first-order chi connectivity index (χ1) is 11.0. The molecule has 124 valence electrons. The number of hydrogen-bond acceptors (Lipinski definition) is 3. The van der Waals surface area contributed by atoms with Gasteiger partial charge in [0.1, 0.15) is 0 Å². The van der Waals surface area contributed by atoms with Crippen LogP contribution >= 0.6 is 0 Å². The second-order valence-electron chi connectivity index (χ2n) is 5.09. The number of sulfonamides is 1. The van der Waals surface area contributed by atoms with E-state index >= 15 is 0 Å². The molecule has 0 aliphatic heterocycles. The minimum Gasteiger partial charge on any atom is -0.491 e. The van der Waals surface area contributed by atoms with Crippen LogP contribution in [-0.4, -0.2) is 20.8 Å². The van der Waals surface area contributed by atoms with Crippen LogP contribution in [0.4, 0.5) is 10.1 Å². The molecule has 1 N–H and O–H groups in total. The third-order valence-corrected chi connectivity index (χ3v) is 4.60. The predicted molar refractivity (Wildman–Crippen MR) is 89.7 cm³/mol. The van der Waals surface area contributed by atoms with Crippen molar-refractivity contribution < 1.29 is 17.5 Å². The van der Waals surface area contributed by atoms with Crippen LogP contribution in [0.3, 0.4) is 0 Å². The van der Waals surface area contributed by atoms with Crippen LogP contribution in [0, 0.1) is 5.82 Å². The van der Waals surface area contributed by atoms with Crippen molar-refractivity contribution in [2.45, 2.75) is 19.8 Å². The molecule has 0 amide bonds. The van der Waals surface area contributed by atoms with Gasteiger partial charge in [-0.05, 0) is 37.5 Å². The zero-order chi connectivity index (χ0) is 16.7. The standard InChI is InChI=1S/C17H20FNO3S/c1-2-22-17-11-10-15(13-16(17)18)19-23(20,21)12-6-9-14-7-4-3-5-8-14/h3-5,7-8,10-11,13,19H,2,6,9,12H2,1H3. The summed E-state index contributed by atoms with van der Waals surface area (Å²) in [7, 11) is -3.50. The van der Waals surface area contributed by atoms with Crippen molar-refractivity contribution in [2.24, 2.45) is 0 Å². The van der Waals surface area contributed by atoms with Gasteiger partial charge in [-0.2, -0.15) is 0 Å². The smallest absolute Gasteiger partial charge is 0.232 e. The SMILES string of the molecule is CCOc1ccc(NS(=O)(=O)CCCc2ccccc2)cc1F. The molecule has 0 bridgehead atoms. The monoisotopic (exact) mass is 337 g/mol. The second-order valence-corrected chi connectivity index (χ2v) is 6.93. The largest absolute Gasteiger partial charge is 0.491 e. The highest BCUT2D eigenvalue weighted by molar-refractivity contribution is 7.92. The van der Waals surface area contributed by atoms with Crippen LogP contribution in [0.25, 0.3) is 0 Å². The Kier molecular flexibility index (Phi) is 5.98. The molecule has 0 aliphatic carbocycles. The van der Waals surface area contributed by atoms with E-state index in [0.29, 0.717) is 19.4 Å². The Balaban J connectivity index is 1.91. The Labute approximate surface area is 136 Å². The molecule has 0 atom stereocenters. The Morgan fingerprint density at radius 1 is 1.13 bits per heavy atom. The molecular formula is C17H20FNO3S. The summed E-state index contributed by atoms with van der Waals surface area (Å²) in [6.07, 6.45) is 1.18. The van der Waals surface area contributed by atoms with E-state index in [1.54, 1.807) is 6.92 Å². The molecule has 2 aromatic carbocycles. The fourth-order valence-electron chi connectivity index (χ4n) is 2.18. The van der Waals surface area contributed by atoms with Crippen molar-refractivity contribution >= 4 is 15.7 Å². The van der Waals surface area contributed by atoms with Crippen LogP contribution in [0.15, 0.2) is 48.5 Å². The molecule has 0 aromatic heterocycles.